The molecule has 0 saturated heterocycles. The summed E-state index contributed by atoms with van der Waals surface area (Å²) in [4.78, 5) is 11.0. The lowest BCUT2D eigenvalue weighted by Gasteiger charge is -2.20. The van der Waals surface area contributed by atoms with Crippen LogP contribution >= 0.6 is 11.6 Å². The number of carbonyl (C=O) groups excluding carboxylic acids is 1. The van der Waals surface area contributed by atoms with E-state index in [1.807, 2.05) is 0 Å². The number of aryl methyl sites for hydroxylation is 1. The van der Waals surface area contributed by atoms with E-state index in [4.69, 9.17) is 16.3 Å². The summed E-state index contributed by atoms with van der Waals surface area (Å²) < 4.78 is 5.69. The quantitative estimate of drug-likeness (QED) is 0.743. The molecule has 0 radical (unpaired) electrons. The average molecular weight is 309 g/mol. The number of ether oxygens (including phenoxy) is 1. The molecule has 0 saturated carbocycles. The lowest BCUT2D eigenvalue weighted by atomic mass is 9.88. The Morgan fingerprint density at radius 3 is 2.24 bits per heavy atom. The molecule has 0 heterocycles. The standard InChI is InChI=1S/C18H25ClO2/c1-13-11-17(21-12-18(19)20)16-10-8-6-4-3-5-7-9-15(16)14(13)2/h11H,3-10,12H2,1-2H3. The second-order valence-electron chi connectivity index (χ2n) is 6.04. The third kappa shape index (κ3) is 4.47. The molecule has 116 valence electrons. The third-order valence-corrected chi connectivity index (χ3v) is 4.61. The van der Waals surface area contributed by atoms with Crippen LogP contribution in [0.5, 0.6) is 5.75 Å². The highest BCUT2D eigenvalue weighted by molar-refractivity contribution is 6.63. The summed E-state index contributed by atoms with van der Waals surface area (Å²) in [5, 5.41) is -0.443. The van der Waals surface area contributed by atoms with Gasteiger partial charge in [0.1, 0.15) is 5.75 Å². The topological polar surface area (TPSA) is 26.3 Å². The minimum Gasteiger partial charge on any atom is -0.484 e. The molecule has 0 amide bonds. The fourth-order valence-corrected chi connectivity index (χ4v) is 3.25. The molecule has 0 atom stereocenters. The first-order valence-electron chi connectivity index (χ1n) is 8.02. The highest BCUT2D eigenvalue weighted by Crippen LogP contribution is 2.32. The van der Waals surface area contributed by atoms with Gasteiger partial charge >= 0.3 is 0 Å². The molecule has 1 aliphatic carbocycles. The summed E-state index contributed by atoms with van der Waals surface area (Å²) in [5.41, 5.74) is 5.37. The van der Waals surface area contributed by atoms with Crippen molar-refractivity contribution in [2.45, 2.75) is 65.2 Å². The van der Waals surface area contributed by atoms with Gasteiger partial charge in [0.15, 0.2) is 6.61 Å². The molecule has 1 aliphatic rings. The largest absolute Gasteiger partial charge is 0.484 e. The molecule has 0 aliphatic heterocycles. The Morgan fingerprint density at radius 2 is 1.62 bits per heavy atom. The SMILES string of the molecule is Cc1cc(OCC(=O)Cl)c2c(c1C)CCCCCCCC2. The first kappa shape index (κ1) is 16.4. The van der Waals surface area contributed by atoms with Gasteiger partial charge in [0.2, 0.25) is 0 Å². The Hall–Kier alpha value is -1.02. The van der Waals surface area contributed by atoms with Gasteiger partial charge < -0.3 is 4.74 Å². The van der Waals surface area contributed by atoms with Gasteiger partial charge in [-0.15, -0.1) is 0 Å². The van der Waals surface area contributed by atoms with Gasteiger partial charge in [-0.1, -0.05) is 25.7 Å². The van der Waals surface area contributed by atoms with Gasteiger partial charge in [-0.25, -0.2) is 0 Å². The van der Waals surface area contributed by atoms with Crippen LogP contribution in [0.4, 0.5) is 0 Å². The van der Waals surface area contributed by atoms with E-state index >= 15 is 0 Å². The Balaban J connectivity index is 2.35. The van der Waals surface area contributed by atoms with Crippen molar-refractivity contribution in [1.29, 1.82) is 0 Å². The number of rotatable bonds is 3. The summed E-state index contributed by atoms with van der Waals surface area (Å²) in [7, 11) is 0. The van der Waals surface area contributed by atoms with E-state index in [-0.39, 0.29) is 6.61 Å². The van der Waals surface area contributed by atoms with Crippen molar-refractivity contribution in [1.82, 2.24) is 0 Å². The summed E-state index contributed by atoms with van der Waals surface area (Å²) >= 11 is 5.42. The Labute approximate surface area is 132 Å². The Kier molecular flexibility index (Phi) is 6.10. The Bertz CT molecular complexity index is 508. The fraction of sp³-hybridized carbons (Fsp3) is 0.611. The Morgan fingerprint density at radius 1 is 1.05 bits per heavy atom. The van der Waals surface area contributed by atoms with Crippen molar-refractivity contribution in [2.24, 2.45) is 0 Å². The maximum Gasteiger partial charge on any atom is 0.259 e. The summed E-state index contributed by atoms with van der Waals surface area (Å²) in [6.07, 6.45) is 9.87. The maximum absolute atomic E-state index is 11.0. The molecule has 0 bridgehead atoms. The summed E-state index contributed by atoms with van der Waals surface area (Å²) in [6.45, 7) is 4.27. The summed E-state index contributed by atoms with van der Waals surface area (Å²) in [6, 6.07) is 2.07. The average Bonchev–Trinajstić information content (AvgIpc) is 2.46. The molecule has 2 nitrogen and oxygen atoms in total. The normalized spacial score (nSPS) is 16.1. The van der Waals surface area contributed by atoms with Crippen LogP contribution in [-0.4, -0.2) is 11.8 Å². The molecule has 0 spiro atoms. The van der Waals surface area contributed by atoms with E-state index in [0.717, 1.165) is 18.6 Å². The number of carbonyl (C=O) groups is 1. The van der Waals surface area contributed by atoms with Crippen molar-refractivity contribution in [2.75, 3.05) is 6.61 Å². The van der Waals surface area contributed by atoms with Crippen LogP contribution in [0.1, 0.15) is 60.8 Å². The smallest absolute Gasteiger partial charge is 0.259 e. The van der Waals surface area contributed by atoms with Crippen molar-refractivity contribution in [3.63, 3.8) is 0 Å². The fourth-order valence-electron chi connectivity index (χ4n) is 3.19. The molecule has 21 heavy (non-hydrogen) atoms. The van der Waals surface area contributed by atoms with Gasteiger partial charge in [-0.05, 0) is 79.5 Å². The van der Waals surface area contributed by atoms with Crippen LogP contribution in [0.25, 0.3) is 0 Å². The lowest BCUT2D eigenvalue weighted by molar-refractivity contribution is -0.113. The summed E-state index contributed by atoms with van der Waals surface area (Å²) in [5.74, 6) is 0.864. The van der Waals surface area contributed by atoms with Crippen molar-refractivity contribution < 1.29 is 9.53 Å². The lowest BCUT2D eigenvalue weighted by Crippen LogP contribution is -2.10. The molecule has 2 rings (SSSR count). The van der Waals surface area contributed by atoms with Gasteiger partial charge in [-0.2, -0.15) is 0 Å². The second kappa shape index (κ2) is 7.84. The molecule has 0 fully saturated rings. The minimum absolute atomic E-state index is 0.0451. The zero-order valence-electron chi connectivity index (χ0n) is 13.1. The number of hydrogen-bond acceptors (Lipinski definition) is 2. The molecule has 1 aromatic rings. The zero-order chi connectivity index (χ0) is 15.2. The van der Waals surface area contributed by atoms with Crippen molar-refractivity contribution in [3.05, 3.63) is 28.3 Å². The number of halogens is 1. The van der Waals surface area contributed by atoms with E-state index in [2.05, 4.69) is 19.9 Å². The number of fused-ring (bicyclic) bond motifs is 1. The maximum atomic E-state index is 11.0. The molecule has 3 heteroatoms. The molecule has 0 aromatic heterocycles. The van der Waals surface area contributed by atoms with Crippen LogP contribution in [0.3, 0.4) is 0 Å². The van der Waals surface area contributed by atoms with Crippen molar-refractivity contribution in [3.8, 4) is 5.75 Å². The predicted molar refractivity (Wildman–Crippen MR) is 87.4 cm³/mol. The van der Waals surface area contributed by atoms with E-state index in [0.29, 0.717) is 0 Å². The van der Waals surface area contributed by atoms with Crippen LogP contribution in [0.15, 0.2) is 6.07 Å². The molecule has 1 aromatic carbocycles. The van der Waals surface area contributed by atoms with Gasteiger partial charge in [0, 0.05) is 0 Å². The van der Waals surface area contributed by atoms with Crippen LogP contribution in [-0.2, 0) is 17.6 Å². The highest BCUT2D eigenvalue weighted by Gasteiger charge is 2.16. The van der Waals surface area contributed by atoms with E-state index in [1.165, 1.54) is 60.8 Å². The van der Waals surface area contributed by atoms with Crippen LogP contribution < -0.4 is 4.74 Å². The van der Waals surface area contributed by atoms with E-state index in [1.54, 1.807) is 0 Å². The van der Waals surface area contributed by atoms with Gasteiger partial charge in [0.05, 0.1) is 0 Å². The molecular formula is C18H25ClO2. The third-order valence-electron chi connectivity index (χ3n) is 4.50. The van der Waals surface area contributed by atoms with Gasteiger partial charge in [0.25, 0.3) is 5.24 Å². The molecular weight excluding hydrogens is 284 g/mol. The van der Waals surface area contributed by atoms with Gasteiger partial charge in [-0.3, -0.25) is 4.79 Å². The second-order valence-corrected chi connectivity index (χ2v) is 6.46. The first-order chi connectivity index (χ1) is 10.1. The minimum atomic E-state index is -0.443. The van der Waals surface area contributed by atoms with Crippen LogP contribution in [0, 0.1) is 13.8 Å². The molecule has 0 unspecified atom stereocenters. The zero-order valence-corrected chi connectivity index (χ0v) is 13.9. The van der Waals surface area contributed by atoms with E-state index < -0.39 is 5.24 Å². The van der Waals surface area contributed by atoms with E-state index in [9.17, 15) is 4.79 Å². The number of hydrogen-bond donors (Lipinski definition) is 0. The van der Waals surface area contributed by atoms with Crippen LogP contribution in [0.2, 0.25) is 0 Å². The highest BCUT2D eigenvalue weighted by atomic mass is 35.5. The molecule has 0 N–H and O–H groups in total. The number of benzene rings is 1. The monoisotopic (exact) mass is 308 g/mol. The predicted octanol–water partition coefficient (Wildman–Crippen LogP) is 4.89. The van der Waals surface area contributed by atoms with Crippen molar-refractivity contribution >= 4 is 16.8 Å². The first-order valence-corrected chi connectivity index (χ1v) is 8.40.